The Hall–Kier alpha value is -1.68. The number of hydrogen-bond donors (Lipinski definition) is 1. The molecule has 94 valence electrons. The van der Waals surface area contributed by atoms with Crippen molar-refractivity contribution in [1.82, 2.24) is 0 Å². The summed E-state index contributed by atoms with van der Waals surface area (Å²) in [6, 6.07) is 11.4. The highest BCUT2D eigenvalue weighted by Gasteiger charge is 2.08. The number of anilines is 1. The topological polar surface area (TPSA) is 43.1 Å². The summed E-state index contributed by atoms with van der Waals surface area (Å²) in [6.45, 7) is 1.88. The summed E-state index contributed by atoms with van der Waals surface area (Å²) in [5.74, 6) is 0.0120. The van der Waals surface area contributed by atoms with Gasteiger partial charge in [-0.05, 0) is 54.4 Å². The highest BCUT2D eigenvalue weighted by atomic mass is 32.2. The van der Waals surface area contributed by atoms with E-state index >= 15 is 0 Å². The van der Waals surface area contributed by atoms with Crippen LogP contribution in [-0.2, 0) is 16.6 Å². The Balaban J connectivity index is 2.21. The molecular weight excluding hydrogens is 249 g/mol. The van der Waals surface area contributed by atoms with Crippen LogP contribution in [0.4, 0.5) is 10.1 Å². The van der Waals surface area contributed by atoms with E-state index in [1.54, 1.807) is 30.3 Å². The van der Waals surface area contributed by atoms with Crippen molar-refractivity contribution in [2.24, 2.45) is 0 Å². The zero-order chi connectivity index (χ0) is 13.1. The van der Waals surface area contributed by atoms with Crippen molar-refractivity contribution in [2.75, 3.05) is 5.73 Å². The van der Waals surface area contributed by atoms with Crippen LogP contribution in [-0.4, -0.2) is 4.21 Å². The maximum atomic E-state index is 13.1. The Labute approximate surface area is 108 Å². The zero-order valence-corrected chi connectivity index (χ0v) is 10.8. The van der Waals surface area contributed by atoms with Gasteiger partial charge in [-0.1, -0.05) is 6.07 Å². The number of halogens is 1. The molecule has 18 heavy (non-hydrogen) atoms. The number of nitrogen functional groups attached to an aromatic ring is 1. The molecule has 0 aliphatic heterocycles. The Morgan fingerprint density at radius 1 is 1.17 bits per heavy atom. The number of rotatable bonds is 3. The van der Waals surface area contributed by atoms with E-state index < -0.39 is 10.8 Å². The van der Waals surface area contributed by atoms with Crippen molar-refractivity contribution < 1.29 is 8.60 Å². The number of aryl methyl sites for hydroxylation is 1. The second kappa shape index (κ2) is 5.31. The van der Waals surface area contributed by atoms with E-state index in [1.165, 1.54) is 12.1 Å². The average molecular weight is 263 g/mol. The second-order valence-electron chi connectivity index (χ2n) is 4.13. The lowest BCUT2D eigenvalue weighted by Gasteiger charge is -2.06. The van der Waals surface area contributed by atoms with Crippen molar-refractivity contribution in [3.05, 3.63) is 59.4 Å². The molecule has 0 radical (unpaired) electrons. The third-order valence-corrected chi connectivity index (χ3v) is 4.11. The second-order valence-corrected chi connectivity index (χ2v) is 5.58. The molecule has 2 N–H and O–H groups in total. The molecule has 0 saturated heterocycles. The number of benzene rings is 2. The van der Waals surface area contributed by atoms with Gasteiger partial charge < -0.3 is 5.73 Å². The molecule has 0 bridgehead atoms. The van der Waals surface area contributed by atoms with Gasteiger partial charge in [0.25, 0.3) is 0 Å². The summed E-state index contributed by atoms with van der Waals surface area (Å²) >= 11 is 0. The molecule has 0 amide bonds. The monoisotopic (exact) mass is 263 g/mol. The summed E-state index contributed by atoms with van der Waals surface area (Å²) in [4.78, 5) is 0.702. The summed E-state index contributed by atoms with van der Waals surface area (Å²) in [5.41, 5.74) is 7.92. The predicted octanol–water partition coefficient (Wildman–Crippen LogP) is 3.02. The van der Waals surface area contributed by atoms with Crippen LogP contribution in [0.1, 0.15) is 11.1 Å². The average Bonchev–Trinajstić information content (AvgIpc) is 2.34. The van der Waals surface area contributed by atoms with Gasteiger partial charge in [0.05, 0.1) is 16.6 Å². The lowest BCUT2D eigenvalue weighted by molar-refractivity contribution is 0.625. The molecule has 0 aliphatic carbocycles. The Kier molecular flexibility index (Phi) is 3.77. The standard InChI is InChI=1S/C14H14FNOS/c1-10-2-3-12(15)8-11(10)9-18(17)14-6-4-13(16)5-7-14/h2-8H,9,16H2,1H3. The fraction of sp³-hybridized carbons (Fsp3) is 0.143. The first kappa shape index (κ1) is 12.8. The molecular formula is C14H14FNOS. The van der Waals surface area contributed by atoms with E-state index in [0.29, 0.717) is 16.3 Å². The molecule has 2 rings (SSSR count). The quantitative estimate of drug-likeness (QED) is 0.865. The van der Waals surface area contributed by atoms with E-state index in [4.69, 9.17) is 5.73 Å². The van der Waals surface area contributed by atoms with E-state index in [1.807, 2.05) is 6.92 Å². The molecule has 0 saturated carbocycles. The van der Waals surface area contributed by atoms with E-state index in [2.05, 4.69) is 0 Å². The zero-order valence-electron chi connectivity index (χ0n) is 10.0. The van der Waals surface area contributed by atoms with Crippen LogP contribution in [0.5, 0.6) is 0 Å². The van der Waals surface area contributed by atoms with Crippen molar-refractivity contribution in [2.45, 2.75) is 17.6 Å². The molecule has 2 aromatic carbocycles. The third kappa shape index (κ3) is 2.96. The lowest BCUT2D eigenvalue weighted by Crippen LogP contribution is -1.99. The van der Waals surface area contributed by atoms with Crippen LogP contribution < -0.4 is 5.73 Å². The van der Waals surface area contributed by atoms with Gasteiger partial charge in [-0.25, -0.2) is 4.39 Å². The minimum Gasteiger partial charge on any atom is -0.399 e. The van der Waals surface area contributed by atoms with E-state index in [9.17, 15) is 8.60 Å². The number of hydrogen-bond acceptors (Lipinski definition) is 2. The number of nitrogens with two attached hydrogens (primary N) is 1. The smallest absolute Gasteiger partial charge is 0.123 e. The lowest BCUT2D eigenvalue weighted by atomic mass is 10.1. The maximum absolute atomic E-state index is 13.1. The van der Waals surface area contributed by atoms with Crippen LogP contribution in [0.3, 0.4) is 0 Å². The Morgan fingerprint density at radius 3 is 2.50 bits per heavy atom. The van der Waals surface area contributed by atoms with Gasteiger partial charge in [0, 0.05) is 10.6 Å². The SMILES string of the molecule is Cc1ccc(F)cc1CS(=O)c1ccc(N)cc1. The normalized spacial score (nSPS) is 12.3. The third-order valence-electron chi connectivity index (χ3n) is 2.74. The first-order valence-corrected chi connectivity index (χ1v) is 6.87. The van der Waals surface area contributed by atoms with Gasteiger partial charge in [-0.2, -0.15) is 0 Å². The molecule has 2 aromatic rings. The molecule has 0 heterocycles. The molecule has 1 unspecified atom stereocenters. The van der Waals surface area contributed by atoms with Crippen LogP contribution >= 0.6 is 0 Å². The largest absolute Gasteiger partial charge is 0.399 e. The Bertz CT molecular complexity index is 581. The molecule has 0 aromatic heterocycles. The van der Waals surface area contributed by atoms with Gasteiger partial charge in [-0.3, -0.25) is 4.21 Å². The molecule has 0 aliphatic rings. The summed E-state index contributed by atoms with van der Waals surface area (Å²) in [6.07, 6.45) is 0. The Morgan fingerprint density at radius 2 is 1.83 bits per heavy atom. The fourth-order valence-electron chi connectivity index (χ4n) is 1.64. The van der Waals surface area contributed by atoms with Crippen LogP contribution in [0.25, 0.3) is 0 Å². The molecule has 1 atom stereocenters. The van der Waals surface area contributed by atoms with Crippen molar-refractivity contribution >= 4 is 16.5 Å². The van der Waals surface area contributed by atoms with Crippen molar-refractivity contribution in [1.29, 1.82) is 0 Å². The predicted molar refractivity (Wildman–Crippen MR) is 72.1 cm³/mol. The molecule has 4 heteroatoms. The van der Waals surface area contributed by atoms with Gasteiger partial charge in [0.2, 0.25) is 0 Å². The van der Waals surface area contributed by atoms with Gasteiger partial charge in [-0.15, -0.1) is 0 Å². The first-order chi connectivity index (χ1) is 8.56. The van der Waals surface area contributed by atoms with Crippen LogP contribution in [0.15, 0.2) is 47.4 Å². The molecule has 0 fully saturated rings. The van der Waals surface area contributed by atoms with Gasteiger partial charge in [0.1, 0.15) is 5.82 Å². The highest BCUT2D eigenvalue weighted by Crippen LogP contribution is 2.17. The summed E-state index contributed by atoms with van der Waals surface area (Å²) < 4.78 is 25.3. The fourth-order valence-corrected chi connectivity index (χ4v) is 2.84. The van der Waals surface area contributed by atoms with Crippen molar-refractivity contribution in [3.63, 3.8) is 0 Å². The summed E-state index contributed by atoms with van der Waals surface area (Å²) in [5, 5.41) is 0. The van der Waals surface area contributed by atoms with Gasteiger partial charge in [0.15, 0.2) is 0 Å². The molecule has 2 nitrogen and oxygen atoms in total. The van der Waals surface area contributed by atoms with Crippen LogP contribution in [0.2, 0.25) is 0 Å². The van der Waals surface area contributed by atoms with Crippen LogP contribution in [0, 0.1) is 12.7 Å². The van der Waals surface area contributed by atoms with E-state index in [-0.39, 0.29) is 5.82 Å². The summed E-state index contributed by atoms with van der Waals surface area (Å²) in [7, 11) is -1.18. The highest BCUT2D eigenvalue weighted by molar-refractivity contribution is 7.84. The van der Waals surface area contributed by atoms with Crippen molar-refractivity contribution in [3.8, 4) is 0 Å². The minimum absolute atomic E-state index is 0.301. The maximum Gasteiger partial charge on any atom is 0.123 e. The van der Waals surface area contributed by atoms with E-state index in [0.717, 1.165) is 11.1 Å². The minimum atomic E-state index is -1.18. The van der Waals surface area contributed by atoms with Gasteiger partial charge >= 0.3 is 0 Å². The first-order valence-electron chi connectivity index (χ1n) is 5.55. The molecule has 0 spiro atoms.